The maximum absolute atomic E-state index is 13.3. The van der Waals surface area contributed by atoms with Crippen molar-refractivity contribution in [2.24, 2.45) is 0 Å². The lowest BCUT2D eigenvalue weighted by molar-refractivity contribution is -0.123. The predicted octanol–water partition coefficient (Wildman–Crippen LogP) is 3.65. The van der Waals surface area contributed by atoms with Crippen LogP contribution in [0.25, 0.3) is 10.9 Å². The number of fused-ring (bicyclic) bond motifs is 1. The Labute approximate surface area is 209 Å². The Bertz CT molecular complexity index is 1230. The smallest absolute Gasteiger partial charge is 0.408 e. The molecule has 0 saturated heterocycles. The molecule has 3 aromatic rings. The van der Waals surface area contributed by atoms with Crippen LogP contribution in [-0.4, -0.2) is 55.1 Å². The van der Waals surface area contributed by atoms with Gasteiger partial charge >= 0.3 is 6.09 Å². The molecule has 4 N–H and O–H groups in total. The minimum Gasteiger partial charge on any atom is -0.504 e. The van der Waals surface area contributed by atoms with E-state index in [1.54, 1.807) is 20.8 Å². The summed E-state index contributed by atoms with van der Waals surface area (Å²) in [5.74, 6) is 0.0835. The Morgan fingerprint density at radius 1 is 1.06 bits per heavy atom. The van der Waals surface area contributed by atoms with E-state index in [4.69, 9.17) is 18.9 Å². The van der Waals surface area contributed by atoms with Gasteiger partial charge in [0, 0.05) is 29.6 Å². The fourth-order valence-electron chi connectivity index (χ4n) is 3.83. The molecule has 0 aliphatic carbocycles. The molecule has 1 heterocycles. The van der Waals surface area contributed by atoms with Crippen molar-refractivity contribution >= 4 is 22.9 Å². The number of nitrogens with one attached hydrogen (secondary N) is 3. The van der Waals surface area contributed by atoms with E-state index >= 15 is 0 Å². The first-order valence-corrected chi connectivity index (χ1v) is 11.4. The Hall–Kier alpha value is -4.08. The number of carbonyl (C=O) groups is 2. The molecule has 2 aromatic carbocycles. The highest BCUT2D eigenvalue weighted by atomic mass is 16.6. The van der Waals surface area contributed by atoms with E-state index in [-0.39, 0.29) is 35.8 Å². The second-order valence-electron chi connectivity index (χ2n) is 9.12. The first kappa shape index (κ1) is 26.5. The molecule has 0 saturated carbocycles. The lowest BCUT2D eigenvalue weighted by atomic mass is 10.0. The van der Waals surface area contributed by atoms with E-state index in [1.165, 1.54) is 27.4 Å². The lowest BCUT2D eigenvalue weighted by Gasteiger charge is -2.24. The van der Waals surface area contributed by atoms with Crippen LogP contribution < -0.4 is 24.8 Å². The number of rotatable bonds is 9. The molecule has 36 heavy (non-hydrogen) atoms. The summed E-state index contributed by atoms with van der Waals surface area (Å²) < 4.78 is 21.3. The number of para-hydroxylation sites is 1. The number of aromatic nitrogens is 1. The van der Waals surface area contributed by atoms with Crippen LogP contribution in [0.4, 0.5) is 4.79 Å². The maximum Gasteiger partial charge on any atom is 0.408 e. The number of benzene rings is 2. The number of phenols is 1. The molecule has 1 atom stereocenters. The van der Waals surface area contributed by atoms with E-state index in [0.717, 1.165) is 16.5 Å². The van der Waals surface area contributed by atoms with Crippen molar-refractivity contribution in [2.45, 2.75) is 45.4 Å². The average Bonchev–Trinajstić information content (AvgIpc) is 3.23. The van der Waals surface area contributed by atoms with Gasteiger partial charge in [-0.1, -0.05) is 18.2 Å². The van der Waals surface area contributed by atoms with Gasteiger partial charge in [0.15, 0.2) is 23.0 Å². The van der Waals surface area contributed by atoms with Gasteiger partial charge < -0.3 is 39.7 Å². The molecule has 0 radical (unpaired) electrons. The first-order chi connectivity index (χ1) is 17.1. The van der Waals surface area contributed by atoms with Gasteiger partial charge in [-0.25, -0.2) is 4.79 Å². The van der Waals surface area contributed by atoms with Crippen molar-refractivity contribution in [3.05, 3.63) is 47.7 Å². The van der Waals surface area contributed by atoms with E-state index in [1.807, 2.05) is 30.5 Å². The molecule has 2 amide bonds. The monoisotopic (exact) mass is 499 g/mol. The number of hydrogen-bond donors (Lipinski definition) is 4. The van der Waals surface area contributed by atoms with E-state index < -0.39 is 23.6 Å². The van der Waals surface area contributed by atoms with E-state index in [2.05, 4.69) is 15.6 Å². The van der Waals surface area contributed by atoms with Gasteiger partial charge in [0.25, 0.3) is 0 Å². The molecule has 10 nitrogen and oxygen atoms in total. The molecule has 10 heteroatoms. The zero-order valence-corrected chi connectivity index (χ0v) is 21.4. The highest BCUT2D eigenvalue weighted by Crippen LogP contribution is 2.43. The number of aromatic hydroxyl groups is 1. The largest absolute Gasteiger partial charge is 0.504 e. The van der Waals surface area contributed by atoms with Crippen molar-refractivity contribution in [1.82, 2.24) is 15.6 Å². The number of H-pyrrole nitrogens is 1. The number of phenolic OH excluding ortho intramolecular Hbond substituents is 1. The Morgan fingerprint density at radius 3 is 2.39 bits per heavy atom. The zero-order valence-electron chi connectivity index (χ0n) is 21.4. The minimum atomic E-state index is -0.959. The van der Waals surface area contributed by atoms with Gasteiger partial charge in [-0.05, 0) is 32.4 Å². The molecule has 0 aliphatic heterocycles. The first-order valence-electron chi connectivity index (χ1n) is 11.4. The highest BCUT2D eigenvalue weighted by molar-refractivity contribution is 5.88. The van der Waals surface area contributed by atoms with Gasteiger partial charge in [0.1, 0.15) is 11.6 Å². The van der Waals surface area contributed by atoms with Crippen molar-refractivity contribution in [1.29, 1.82) is 0 Å². The summed E-state index contributed by atoms with van der Waals surface area (Å²) in [6.07, 6.45) is 1.30. The second kappa shape index (κ2) is 11.1. The molecule has 1 aromatic heterocycles. The van der Waals surface area contributed by atoms with Crippen molar-refractivity contribution in [3.8, 4) is 23.0 Å². The van der Waals surface area contributed by atoms with E-state index in [0.29, 0.717) is 5.75 Å². The van der Waals surface area contributed by atoms with Crippen LogP contribution >= 0.6 is 0 Å². The summed E-state index contributed by atoms with van der Waals surface area (Å²) >= 11 is 0. The number of aromatic amines is 1. The van der Waals surface area contributed by atoms with Crippen molar-refractivity contribution in [2.75, 3.05) is 21.3 Å². The van der Waals surface area contributed by atoms with Crippen molar-refractivity contribution in [3.63, 3.8) is 0 Å². The predicted molar refractivity (Wildman–Crippen MR) is 135 cm³/mol. The maximum atomic E-state index is 13.3. The summed E-state index contributed by atoms with van der Waals surface area (Å²) in [5, 5.41) is 17.1. The SMILES string of the molecule is COc1cc(OC)c(OC)c(CNC(=O)[C@H](Cc2c[nH]c3ccccc23)NC(=O)OC(C)(C)C)c1O. The van der Waals surface area contributed by atoms with Gasteiger partial charge in [-0.2, -0.15) is 0 Å². The van der Waals surface area contributed by atoms with Crippen LogP contribution in [0.1, 0.15) is 31.9 Å². The summed E-state index contributed by atoms with van der Waals surface area (Å²) in [6, 6.07) is 8.22. The molecular weight excluding hydrogens is 466 g/mol. The van der Waals surface area contributed by atoms with Crippen LogP contribution in [0, 0.1) is 0 Å². The Kier molecular flexibility index (Phi) is 8.18. The fraction of sp³-hybridized carbons (Fsp3) is 0.385. The summed E-state index contributed by atoms with van der Waals surface area (Å²) in [5.41, 5.74) is 1.31. The van der Waals surface area contributed by atoms with Crippen LogP contribution in [0.5, 0.6) is 23.0 Å². The van der Waals surface area contributed by atoms with Crippen LogP contribution in [0.2, 0.25) is 0 Å². The van der Waals surface area contributed by atoms with Crippen molar-refractivity contribution < 1.29 is 33.6 Å². The van der Waals surface area contributed by atoms with Crippen LogP contribution in [-0.2, 0) is 22.5 Å². The molecule has 0 aliphatic rings. The molecule has 0 spiro atoms. The Morgan fingerprint density at radius 2 is 1.75 bits per heavy atom. The third kappa shape index (κ3) is 6.12. The molecule has 0 unspecified atom stereocenters. The molecular formula is C26H33N3O7. The summed E-state index contributed by atoms with van der Waals surface area (Å²) in [6.45, 7) is 5.12. The van der Waals surface area contributed by atoms with Crippen LogP contribution in [0.3, 0.4) is 0 Å². The lowest BCUT2D eigenvalue weighted by Crippen LogP contribution is -2.49. The Balaban J connectivity index is 1.87. The van der Waals surface area contributed by atoms with Gasteiger partial charge in [-0.3, -0.25) is 4.79 Å². The third-order valence-corrected chi connectivity index (χ3v) is 5.47. The number of carbonyl (C=O) groups excluding carboxylic acids is 2. The number of amides is 2. The average molecular weight is 500 g/mol. The number of hydrogen-bond acceptors (Lipinski definition) is 7. The zero-order chi connectivity index (χ0) is 26.5. The summed E-state index contributed by atoms with van der Waals surface area (Å²) in [7, 11) is 4.29. The van der Waals surface area contributed by atoms with E-state index in [9.17, 15) is 14.7 Å². The summed E-state index contributed by atoms with van der Waals surface area (Å²) in [4.78, 5) is 29.0. The second-order valence-corrected chi connectivity index (χ2v) is 9.12. The van der Waals surface area contributed by atoms with Gasteiger partial charge in [-0.15, -0.1) is 0 Å². The molecule has 194 valence electrons. The topological polar surface area (TPSA) is 131 Å². The van der Waals surface area contributed by atoms with Gasteiger partial charge in [0.2, 0.25) is 5.91 Å². The standard InChI is InChI=1S/C26H33N3O7/c1-26(2,3)36-25(32)29-19(11-15-13-27-18-10-8-7-9-16(15)18)24(31)28-14-17-22(30)20(33-4)12-21(34-5)23(17)35-6/h7-10,12-13,19,27,30H,11,14H2,1-6H3,(H,28,31)(H,29,32)/t19-/m0/s1. The third-order valence-electron chi connectivity index (χ3n) is 5.47. The van der Waals surface area contributed by atoms with Crippen LogP contribution in [0.15, 0.2) is 36.5 Å². The normalized spacial score (nSPS) is 12.1. The highest BCUT2D eigenvalue weighted by Gasteiger charge is 2.27. The van der Waals surface area contributed by atoms with Gasteiger partial charge in [0.05, 0.1) is 33.4 Å². The molecule has 0 bridgehead atoms. The quantitative estimate of drug-likeness (QED) is 0.353. The number of methoxy groups -OCH3 is 3. The minimum absolute atomic E-state index is 0.109. The molecule has 3 rings (SSSR count). The number of ether oxygens (including phenoxy) is 4. The molecule has 0 fully saturated rings. The fourth-order valence-corrected chi connectivity index (χ4v) is 3.83. The number of alkyl carbamates (subject to hydrolysis) is 1.